The summed E-state index contributed by atoms with van der Waals surface area (Å²) in [5, 5.41) is 2.85. The molecule has 1 rings (SSSR count). The maximum absolute atomic E-state index is 11.1. The summed E-state index contributed by atoms with van der Waals surface area (Å²) in [4.78, 5) is 22.1. The summed E-state index contributed by atoms with van der Waals surface area (Å²) < 4.78 is 1.25. The van der Waals surface area contributed by atoms with Gasteiger partial charge in [-0.15, -0.1) is 0 Å². The maximum Gasteiger partial charge on any atom is 0.251 e. The van der Waals surface area contributed by atoms with Crippen molar-refractivity contribution in [2.75, 3.05) is 7.05 Å². The monoisotopic (exact) mass is 200 g/mol. The summed E-state index contributed by atoms with van der Waals surface area (Å²) in [5.74, 6) is -0.232. The van der Waals surface area contributed by atoms with E-state index in [2.05, 4.69) is 5.32 Å². The smallest absolute Gasteiger partial charge is 0.251 e. The molecule has 13 heavy (non-hydrogen) atoms. The minimum Gasteiger partial charge on any atom is -0.358 e. The molecular weight excluding hydrogens is 192 g/mol. The first-order chi connectivity index (χ1) is 6.13. The highest BCUT2D eigenvalue weighted by Crippen LogP contribution is 2.02. The zero-order chi connectivity index (χ0) is 9.84. The molecule has 0 saturated heterocycles. The number of rotatable bonds is 2. The van der Waals surface area contributed by atoms with Crippen LogP contribution in [0.2, 0.25) is 5.02 Å². The van der Waals surface area contributed by atoms with Crippen molar-refractivity contribution in [3.8, 4) is 0 Å². The van der Waals surface area contributed by atoms with Gasteiger partial charge in [-0.2, -0.15) is 0 Å². The van der Waals surface area contributed by atoms with Crippen molar-refractivity contribution in [1.82, 2.24) is 9.88 Å². The molecule has 1 aromatic heterocycles. The Morgan fingerprint density at radius 3 is 2.92 bits per heavy atom. The van der Waals surface area contributed by atoms with Gasteiger partial charge in [-0.3, -0.25) is 9.59 Å². The second kappa shape index (κ2) is 4.09. The fraction of sp³-hybridized carbons (Fsp3) is 0.250. The molecule has 4 nitrogen and oxygen atoms in total. The average Bonchev–Trinajstić information content (AvgIpc) is 2.11. The number of carbonyl (C=O) groups excluding carboxylic acids is 1. The lowest BCUT2D eigenvalue weighted by atomic mass is 10.4. The van der Waals surface area contributed by atoms with Crippen LogP contribution in [0.5, 0.6) is 0 Å². The van der Waals surface area contributed by atoms with E-state index in [0.717, 1.165) is 0 Å². The first-order valence-electron chi connectivity index (χ1n) is 3.70. The van der Waals surface area contributed by atoms with Gasteiger partial charge in [0.2, 0.25) is 5.91 Å². The molecular formula is C8H9ClN2O2. The largest absolute Gasteiger partial charge is 0.358 e. The lowest BCUT2D eigenvalue weighted by Crippen LogP contribution is -2.29. The summed E-state index contributed by atoms with van der Waals surface area (Å²) in [5.41, 5.74) is -0.243. The minimum absolute atomic E-state index is 0.00407. The molecule has 1 heterocycles. The van der Waals surface area contributed by atoms with E-state index in [0.29, 0.717) is 5.02 Å². The molecule has 1 N–H and O–H groups in total. The molecule has 1 amide bonds. The zero-order valence-electron chi connectivity index (χ0n) is 7.08. The van der Waals surface area contributed by atoms with E-state index in [4.69, 9.17) is 11.6 Å². The van der Waals surface area contributed by atoms with E-state index in [1.807, 2.05) is 0 Å². The molecule has 0 aliphatic rings. The van der Waals surface area contributed by atoms with Gasteiger partial charge in [0.15, 0.2) is 0 Å². The number of hydrogen-bond acceptors (Lipinski definition) is 2. The third-order valence-electron chi connectivity index (χ3n) is 1.54. The number of hydrogen-bond donors (Lipinski definition) is 1. The molecule has 0 unspecified atom stereocenters. The Balaban J connectivity index is 2.94. The molecule has 0 bridgehead atoms. The van der Waals surface area contributed by atoms with E-state index in [9.17, 15) is 9.59 Å². The maximum atomic E-state index is 11.1. The van der Waals surface area contributed by atoms with Crippen LogP contribution in [-0.2, 0) is 11.3 Å². The van der Waals surface area contributed by atoms with Gasteiger partial charge in [-0.1, -0.05) is 11.6 Å². The van der Waals surface area contributed by atoms with Gasteiger partial charge in [0.05, 0.1) is 5.02 Å². The number of halogens is 1. The van der Waals surface area contributed by atoms with Crippen LogP contribution in [0.15, 0.2) is 23.1 Å². The highest BCUT2D eigenvalue weighted by atomic mass is 35.5. The highest BCUT2D eigenvalue weighted by molar-refractivity contribution is 6.30. The van der Waals surface area contributed by atoms with Gasteiger partial charge in [0, 0.05) is 19.3 Å². The van der Waals surface area contributed by atoms with Crippen LogP contribution >= 0.6 is 11.6 Å². The SMILES string of the molecule is CNC(=O)Cn1cc(Cl)ccc1=O. The predicted octanol–water partition coefficient (Wildman–Crippen LogP) is 0.248. The van der Waals surface area contributed by atoms with Gasteiger partial charge in [0.1, 0.15) is 6.54 Å². The average molecular weight is 201 g/mol. The molecule has 0 aliphatic heterocycles. The van der Waals surface area contributed by atoms with E-state index in [-0.39, 0.29) is 18.0 Å². The van der Waals surface area contributed by atoms with Gasteiger partial charge in [0.25, 0.3) is 5.56 Å². The third kappa shape index (κ3) is 2.59. The Kier molecular flexibility index (Phi) is 3.08. The topological polar surface area (TPSA) is 51.1 Å². The normalized spacial score (nSPS) is 9.69. The summed E-state index contributed by atoms with van der Waals surface area (Å²) in [7, 11) is 1.51. The van der Waals surface area contributed by atoms with Crippen LogP contribution < -0.4 is 10.9 Å². The van der Waals surface area contributed by atoms with Crippen LogP contribution in [0, 0.1) is 0 Å². The van der Waals surface area contributed by atoms with Crippen molar-refractivity contribution in [3.63, 3.8) is 0 Å². The molecule has 0 saturated carbocycles. The van der Waals surface area contributed by atoms with Crippen molar-refractivity contribution in [3.05, 3.63) is 33.7 Å². The Bertz CT molecular complexity index is 373. The van der Waals surface area contributed by atoms with E-state index in [1.54, 1.807) is 0 Å². The van der Waals surface area contributed by atoms with Crippen LogP contribution in [0.25, 0.3) is 0 Å². The third-order valence-corrected chi connectivity index (χ3v) is 1.76. The quantitative estimate of drug-likeness (QED) is 0.744. The lowest BCUT2D eigenvalue weighted by molar-refractivity contribution is -0.121. The van der Waals surface area contributed by atoms with Crippen LogP contribution in [0.4, 0.5) is 0 Å². The van der Waals surface area contributed by atoms with E-state index < -0.39 is 0 Å². The number of pyridine rings is 1. The Hall–Kier alpha value is -1.29. The summed E-state index contributed by atoms with van der Waals surface area (Å²) in [6, 6.07) is 2.81. The molecule has 0 aromatic carbocycles. The number of likely N-dealkylation sites (N-methyl/N-ethyl adjacent to an activating group) is 1. The van der Waals surface area contributed by atoms with Crippen molar-refractivity contribution < 1.29 is 4.79 Å². The zero-order valence-corrected chi connectivity index (χ0v) is 7.84. The van der Waals surface area contributed by atoms with E-state index >= 15 is 0 Å². The lowest BCUT2D eigenvalue weighted by Gasteiger charge is -2.03. The number of amides is 1. The molecule has 0 atom stereocenters. The van der Waals surface area contributed by atoms with Crippen LogP contribution in [0.3, 0.4) is 0 Å². The van der Waals surface area contributed by atoms with Crippen LogP contribution in [-0.4, -0.2) is 17.5 Å². The number of carbonyl (C=O) groups is 1. The molecule has 0 aliphatic carbocycles. The fourth-order valence-corrected chi connectivity index (χ4v) is 1.04. The van der Waals surface area contributed by atoms with Gasteiger partial charge < -0.3 is 9.88 Å². The van der Waals surface area contributed by atoms with E-state index in [1.165, 1.54) is 29.9 Å². The summed E-state index contributed by atoms with van der Waals surface area (Å²) in [6.45, 7) is -0.00407. The number of nitrogens with one attached hydrogen (secondary N) is 1. The van der Waals surface area contributed by atoms with Gasteiger partial charge in [-0.25, -0.2) is 0 Å². The summed E-state index contributed by atoms with van der Waals surface area (Å²) in [6.07, 6.45) is 1.43. The second-order valence-electron chi connectivity index (χ2n) is 2.49. The predicted molar refractivity (Wildman–Crippen MR) is 49.8 cm³/mol. The first-order valence-corrected chi connectivity index (χ1v) is 4.08. The molecule has 5 heteroatoms. The molecule has 0 spiro atoms. The molecule has 1 aromatic rings. The van der Waals surface area contributed by atoms with Crippen molar-refractivity contribution in [2.45, 2.75) is 6.54 Å². The van der Waals surface area contributed by atoms with Crippen molar-refractivity contribution >= 4 is 17.5 Å². The Labute approximate surface area is 80.1 Å². The van der Waals surface area contributed by atoms with Crippen molar-refractivity contribution in [2.24, 2.45) is 0 Å². The van der Waals surface area contributed by atoms with Gasteiger partial charge >= 0.3 is 0 Å². The Morgan fingerprint density at radius 2 is 2.31 bits per heavy atom. The Morgan fingerprint density at radius 1 is 1.62 bits per heavy atom. The molecule has 70 valence electrons. The first kappa shape index (κ1) is 9.80. The molecule has 0 fully saturated rings. The van der Waals surface area contributed by atoms with Crippen molar-refractivity contribution in [1.29, 1.82) is 0 Å². The second-order valence-corrected chi connectivity index (χ2v) is 2.92. The van der Waals surface area contributed by atoms with Gasteiger partial charge in [-0.05, 0) is 6.07 Å². The number of aromatic nitrogens is 1. The highest BCUT2D eigenvalue weighted by Gasteiger charge is 2.01. The fourth-order valence-electron chi connectivity index (χ4n) is 0.859. The molecule has 0 radical (unpaired) electrons. The summed E-state index contributed by atoms with van der Waals surface area (Å²) >= 11 is 5.65. The van der Waals surface area contributed by atoms with Crippen LogP contribution in [0.1, 0.15) is 0 Å². The standard InChI is InChI=1S/C8H9ClN2O2/c1-10-7(12)5-11-4-6(9)2-3-8(11)13/h2-4H,5H2,1H3,(H,10,12). The minimum atomic E-state index is -0.243. The number of nitrogens with zero attached hydrogens (tertiary/aromatic N) is 1.